The van der Waals surface area contributed by atoms with Crippen molar-refractivity contribution >= 4 is 11.4 Å². The smallest absolute Gasteiger partial charge is 0.0643 e. The quantitative estimate of drug-likeness (QED) is 0.323. The molecular formula is C38H51N3. The molecule has 41 heavy (non-hydrogen) atoms. The van der Waals surface area contributed by atoms with Crippen LogP contribution in [0.25, 0.3) is 5.70 Å². The summed E-state index contributed by atoms with van der Waals surface area (Å²) in [5, 5.41) is 12.0. The van der Waals surface area contributed by atoms with E-state index < -0.39 is 0 Å². The van der Waals surface area contributed by atoms with Crippen molar-refractivity contribution < 1.29 is 0 Å². The predicted octanol–water partition coefficient (Wildman–Crippen LogP) is 8.72. The lowest BCUT2D eigenvalue weighted by atomic mass is 9.76. The molecular weight excluding hydrogens is 498 g/mol. The van der Waals surface area contributed by atoms with E-state index in [0.29, 0.717) is 23.8 Å². The molecule has 2 aromatic carbocycles. The molecule has 3 nitrogen and oxygen atoms in total. The van der Waals surface area contributed by atoms with Gasteiger partial charge in [-0.25, -0.2) is 0 Å². The molecule has 2 aliphatic heterocycles. The highest BCUT2D eigenvalue weighted by Crippen LogP contribution is 2.36. The SMILES string of the molecule is CC1CCc2cccc(C3=CC=CC(C(NC4C(C(C)C)=CC=C[C@H]4C(C)C)c4ccc(C(C)(C)C)cc4)N3)c2N1. The average molecular weight is 550 g/mol. The first-order valence-corrected chi connectivity index (χ1v) is 15.8. The van der Waals surface area contributed by atoms with Gasteiger partial charge in [0.25, 0.3) is 0 Å². The van der Waals surface area contributed by atoms with Gasteiger partial charge in [0.05, 0.1) is 12.1 Å². The van der Waals surface area contributed by atoms with Crippen LogP contribution >= 0.6 is 0 Å². The topological polar surface area (TPSA) is 36.1 Å². The zero-order valence-electron chi connectivity index (χ0n) is 26.5. The molecule has 2 heterocycles. The third kappa shape index (κ3) is 6.41. The minimum atomic E-state index is 0.107. The fourth-order valence-electron chi connectivity index (χ4n) is 6.69. The van der Waals surface area contributed by atoms with Gasteiger partial charge in [0.2, 0.25) is 0 Å². The Balaban J connectivity index is 1.51. The van der Waals surface area contributed by atoms with Crippen LogP contribution in [0.4, 0.5) is 5.69 Å². The van der Waals surface area contributed by atoms with E-state index in [9.17, 15) is 0 Å². The number of anilines is 1. The van der Waals surface area contributed by atoms with E-state index >= 15 is 0 Å². The number of rotatable bonds is 7. The molecule has 1 aliphatic carbocycles. The second-order valence-electron chi connectivity index (χ2n) is 14.1. The number of aryl methyl sites for hydroxylation is 1. The van der Waals surface area contributed by atoms with E-state index in [1.54, 1.807) is 0 Å². The number of para-hydroxylation sites is 1. The molecule has 0 radical (unpaired) electrons. The summed E-state index contributed by atoms with van der Waals surface area (Å²) in [6.45, 7) is 18.5. The van der Waals surface area contributed by atoms with Gasteiger partial charge in [0.1, 0.15) is 0 Å². The van der Waals surface area contributed by atoms with Crippen LogP contribution in [0.1, 0.15) is 90.1 Å². The fourth-order valence-corrected chi connectivity index (χ4v) is 6.69. The first-order chi connectivity index (χ1) is 19.5. The summed E-state index contributed by atoms with van der Waals surface area (Å²) in [5.41, 5.74) is 9.49. The molecule has 3 N–H and O–H groups in total. The Morgan fingerprint density at radius 1 is 0.878 bits per heavy atom. The van der Waals surface area contributed by atoms with Crippen molar-refractivity contribution in [2.75, 3.05) is 5.32 Å². The molecule has 3 aliphatic rings. The largest absolute Gasteiger partial charge is 0.382 e. The van der Waals surface area contributed by atoms with E-state index in [1.807, 2.05) is 0 Å². The standard InChI is InChI=1S/C38H51N3/c1-24(2)30-13-10-14-31(25(3)4)37(30)41-36(28-20-22-29(23-21-28)38(6,7)8)34-17-11-16-33(40-34)32-15-9-12-27-19-18-26(5)39-35(27)32/h9-17,20-26,30,34,36-37,39-41H,18-19H2,1-8H3/t26?,30-,34?,36?,37?/m0/s1. The third-order valence-corrected chi connectivity index (χ3v) is 9.24. The second-order valence-corrected chi connectivity index (χ2v) is 14.1. The van der Waals surface area contributed by atoms with E-state index in [1.165, 1.54) is 45.6 Å². The Morgan fingerprint density at radius 3 is 2.29 bits per heavy atom. The summed E-state index contributed by atoms with van der Waals surface area (Å²) in [6, 6.07) is 17.1. The van der Waals surface area contributed by atoms with Crippen LogP contribution in [0, 0.1) is 17.8 Å². The zero-order valence-corrected chi connectivity index (χ0v) is 26.5. The van der Waals surface area contributed by atoms with E-state index in [2.05, 4.69) is 150 Å². The van der Waals surface area contributed by atoms with Gasteiger partial charge < -0.3 is 16.0 Å². The Morgan fingerprint density at radius 2 is 1.61 bits per heavy atom. The molecule has 0 fully saturated rings. The molecule has 0 saturated heterocycles. The number of benzene rings is 2. The molecule has 218 valence electrons. The van der Waals surface area contributed by atoms with Crippen molar-refractivity contribution in [2.24, 2.45) is 17.8 Å². The number of hydrogen-bond acceptors (Lipinski definition) is 3. The van der Waals surface area contributed by atoms with E-state index in [4.69, 9.17) is 0 Å². The Labute approximate surface area is 249 Å². The van der Waals surface area contributed by atoms with Crippen molar-refractivity contribution in [2.45, 2.75) is 97.8 Å². The number of fused-ring (bicyclic) bond motifs is 1. The summed E-state index contributed by atoms with van der Waals surface area (Å²) in [4.78, 5) is 0. The first-order valence-electron chi connectivity index (χ1n) is 15.8. The van der Waals surface area contributed by atoms with E-state index in [-0.39, 0.29) is 23.5 Å². The number of dihydropyridines is 1. The van der Waals surface area contributed by atoms with Gasteiger partial charge in [-0.3, -0.25) is 0 Å². The maximum absolute atomic E-state index is 4.23. The maximum atomic E-state index is 4.23. The summed E-state index contributed by atoms with van der Waals surface area (Å²) in [7, 11) is 0. The molecule has 2 aromatic rings. The van der Waals surface area contributed by atoms with Crippen LogP contribution in [0.2, 0.25) is 0 Å². The summed E-state index contributed by atoms with van der Waals surface area (Å²) in [5.74, 6) is 1.48. The van der Waals surface area contributed by atoms with Gasteiger partial charge in [0.15, 0.2) is 0 Å². The number of allylic oxidation sites excluding steroid dienone is 4. The van der Waals surface area contributed by atoms with Crippen molar-refractivity contribution in [1.29, 1.82) is 0 Å². The van der Waals surface area contributed by atoms with Crippen LogP contribution in [0.5, 0.6) is 0 Å². The fraction of sp³-hybridized carbons (Fsp3) is 0.474. The highest BCUT2D eigenvalue weighted by atomic mass is 15.1. The Bertz CT molecular complexity index is 1330. The summed E-state index contributed by atoms with van der Waals surface area (Å²) < 4.78 is 0. The Hall–Kier alpha value is -3.04. The van der Waals surface area contributed by atoms with E-state index in [0.717, 1.165) is 6.42 Å². The summed E-state index contributed by atoms with van der Waals surface area (Å²) >= 11 is 0. The van der Waals surface area contributed by atoms with Crippen molar-refractivity contribution in [3.05, 3.63) is 107 Å². The minimum Gasteiger partial charge on any atom is -0.382 e. The maximum Gasteiger partial charge on any atom is 0.0643 e. The molecule has 3 heteroatoms. The Kier molecular flexibility index (Phi) is 8.66. The van der Waals surface area contributed by atoms with Gasteiger partial charge in [-0.05, 0) is 65.7 Å². The first kappa shape index (κ1) is 29.5. The van der Waals surface area contributed by atoms with Crippen LogP contribution < -0.4 is 16.0 Å². The van der Waals surface area contributed by atoms with Crippen molar-refractivity contribution in [3.63, 3.8) is 0 Å². The monoisotopic (exact) mass is 549 g/mol. The van der Waals surface area contributed by atoms with Crippen molar-refractivity contribution in [1.82, 2.24) is 10.6 Å². The molecule has 0 saturated carbocycles. The van der Waals surface area contributed by atoms with Crippen molar-refractivity contribution in [3.8, 4) is 0 Å². The lowest BCUT2D eigenvalue weighted by molar-refractivity contribution is 0.303. The normalized spacial score (nSPS) is 24.8. The molecule has 5 atom stereocenters. The van der Waals surface area contributed by atoms with Crippen LogP contribution in [-0.4, -0.2) is 18.1 Å². The van der Waals surface area contributed by atoms with Gasteiger partial charge in [-0.15, -0.1) is 0 Å². The third-order valence-electron chi connectivity index (χ3n) is 9.24. The lowest BCUT2D eigenvalue weighted by Gasteiger charge is -2.40. The highest BCUT2D eigenvalue weighted by Gasteiger charge is 2.34. The van der Waals surface area contributed by atoms with Crippen LogP contribution in [0.3, 0.4) is 0 Å². The average Bonchev–Trinajstić information content (AvgIpc) is 2.95. The van der Waals surface area contributed by atoms with Crippen LogP contribution in [-0.2, 0) is 11.8 Å². The van der Waals surface area contributed by atoms with Gasteiger partial charge in [0, 0.05) is 29.0 Å². The molecule has 0 spiro atoms. The zero-order chi connectivity index (χ0) is 29.3. The van der Waals surface area contributed by atoms with Gasteiger partial charge in [-0.1, -0.05) is 127 Å². The second kappa shape index (κ2) is 12.1. The minimum absolute atomic E-state index is 0.107. The molecule has 0 amide bonds. The highest BCUT2D eigenvalue weighted by molar-refractivity contribution is 5.80. The number of hydrogen-bond donors (Lipinski definition) is 3. The molecule has 4 unspecified atom stereocenters. The molecule has 0 bridgehead atoms. The summed E-state index contributed by atoms with van der Waals surface area (Å²) in [6.07, 6.45) is 16.2. The molecule has 0 aromatic heterocycles. The van der Waals surface area contributed by atoms with Crippen LogP contribution in [0.15, 0.2) is 84.5 Å². The molecule has 5 rings (SSSR count). The van der Waals surface area contributed by atoms with Gasteiger partial charge >= 0.3 is 0 Å². The number of nitrogens with one attached hydrogen (secondary N) is 3. The van der Waals surface area contributed by atoms with Gasteiger partial charge in [-0.2, -0.15) is 0 Å². The lowest BCUT2D eigenvalue weighted by Crippen LogP contribution is -2.49. The predicted molar refractivity (Wildman–Crippen MR) is 177 cm³/mol.